The van der Waals surface area contributed by atoms with Gasteiger partial charge in [0.1, 0.15) is 29.0 Å². The Balaban J connectivity index is 2.07. The molecule has 0 aromatic heterocycles. The minimum atomic E-state index is -1.72. The molecule has 0 saturated heterocycles. The quantitative estimate of drug-likeness (QED) is 0.565. The van der Waals surface area contributed by atoms with Gasteiger partial charge >= 0.3 is 5.97 Å². The Morgan fingerprint density at radius 3 is 2.31 bits per heavy atom. The molecule has 1 aliphatic carbocycles. The molecule has 0 N–H and O–H groups in total. The van der Waals surface area contributed by atoms with Gasteiger partial charge in [-0.2, -0.15) is 0 Å². The maximum atomic E-state index is 13.4. The summed E-state index contributed by atoms with van der Waals surface area (Å²) in [7, 11) is 2.94. The smallest absolute Gasteiger partial charge is 0.327 e. The summed E-state index contributed by atoms with van der Waals surface area (Å²) in [5, 5.41) is 0. The van der Waals surface area contributed by atoms with Crippen molar-refractivity contribution in [2.75, 3.05) is 14.2 Å². The Bertz CT molecular complexity index is 847. The molecule has 0 spiro atoms. The summed E-state index contributed by atoms with van der Waals surface area (Å²) in [6.45, 7) is 5.16. The topological polar surface area (TPSA) is 88.1 Å². The predicted molar refractivity (Wildman–Crippen MR) is 104 cm³/mol. The molecule has 1 saturated carbocycles. The highest BCUT2D eigenvalue weighted by atomic mass is 16.6. The average Bonchev–Trinajstić information content (AvgIpc) is 2.65. The molecule has 1 aromatic carbocycles. The van der Waals surface area contributed by atoms with Gasteiger partial charge in [-0.25, -0.2) is 0 Å². The number of Topliss-reactive ketones (excluding diaryl/α,β-unsaturated/α-hetero) is 1. The summed E-state index contributed by atoms with van der Waals surface area (Å²) < 4.78 is 22.2. The predicted octanol–water partition coefficient (Wildman–Crippen LogP) is 2.71. The standard InChI is InChI=1S/C22H26O7/c1-21(2,3)29-20(25)22-17(24)12-16(13-6-8-15(26-4)9-7-13)28-19(22)11-14(23)10-18(22)27-5/h6-9,12,18-19H,10-11H2,1-5H3. The van der Waals surface area contributed by atoms with E-state index in [2.05, 4.69) is 0 Å². The van der Waals surface area contributed by atoms with E-state index in [4.69, 9.17) is 18.9 Å². The molecule has 0 amide bonds. The molecular formula is C22H26O7. The molecule has 1 fully saturated rings. The zero-order valence-electron chi connectivity index (χ0n) is 17.3. The number of allylic oxidation sites excluding steroid dienone is 1. The van der Waals surface area contributed by atoms with Crippen molar-refractivity contribution >= 4 is 23.3 Å². The summed E-state index contributed by atoms with van der Waals surface area (Å²) in [4.78, 5) is 38.9. The van der Waals surface area contributed by atoms with E-state index in [1.54, 1.807) is 52.1 Å². The van der Waals surface area contributed by atoms with Crippen LogP contribution in [-0.4, -0.2) is 49.6 Å². The van der Waals surface area contributed by atoms with Crippen LogP contribution in [0.15, 0.2) is 30.3 Å². The van der Waals surface area contributed by atoms with Gasteiger partial charge in [-0.15, -0.1) is 0 Å². The van der Waals surface area contributed by atoms with Gasteiger partial charge < -0.3 is 18.9 Å². The fourth-order valence-electron chi connectivity index (χ4n) is 3.81. The number of benzene rings is 1. The van der Waals surface area contributed by atoms with Crippen molar-refractivity contribution in [2.45, 2.75) is 51.4 Å². The lowest BCUT2D eigenvalue weighted by Gasteiger charge is -2.47. The minimum absolute atomic E-state index is 0.0486. The number of methoxy groups -OCH3 is 2. The third-order valence-electron chi connectivity index (χ3n) is 5.18. The first-order valence-electron chi connectivity index (χ1n) is 9.47. The lowest BCUT2D eigenvalue weighted by molar-refractivity contribution is -0.195. The normalized spacial score (nSPS) is 26.9. The van der Waals surface area contributed by atoms with Crippen molar-refractivity contribution in [3.63, 3.8) is 0 Å². The van der Waals surface area contributed by atoms with Crippen LogP contribution in [0.5, 0.6) is 5.75 Å². The summed E-state index contributed by atoms with van der Waals surface area (Å²) in [6.07, 6.45) is -0.780. The lowest BCUT2D eigenvalue weighted by atomic mass is 9.65. The Morgan fingerprint density at radius 1 is 1.10 bits per heavy atom. The molecule has 7 nitrogen and oxygen atoms in total. The highest BCUT2D eigenvalue weighted by Crippen LogP contribution is 2.47. The average molecular weight is 402 g/mol. The highest BCUT2D eigenvalue weighted by molar-refractivity contribution is 6.15. The van der Waals surface area contributed by atoms with Gasteiger partial charge in [-0.3, -0.25) is 14.4 Å². The van der Waals surface area contributed by atoms with Crippen LogP contribution in [0.3, 0.4) is 0 Å². The Hall–Kier alpha value is -2.67. The molecule has 3 atom stereocenters. The van der Waals surface area contributed by atoms with Crippen molar-refractivity contribution in [1.29, 1.82) is 0 Å². The van der Waals surface area contributed by atoms with E-state index in [1.807, 2.05) is 0 Å². The molecule has 1 aromatic rings. The number of carbonyl (C=O) groups is 3. The Labute approximate surface area is 170 Å². The number of hydrogen-bond acceptors (Lipinski definition) is 7. The zero-order chi connectivity index (χ0) is 21.4. The molecule has 0 bridgehead atoms. The summed E-state index contributed by atoms with van der Waals surface area (Å²) in [6, 6.07) is 6.97. The van der Waals surface area contributed by atoms with E-state index >= 15 is 0 Å². The van der Waals surface area contributed by atoms with Crippen molar-refractivity contribution < 1.29 is 33.3 Å². The molecule has 7 heteroatoms. The van der Waals surface area contributed by atoms with Crippen LogP contribution < -0.4 is 4.74 Å². The van der Waals surface area contributed by atoms with Gasteiger partial charge in [-0.05, 0) is 45.0 Å². The minimum Gasteiger partial charge on any atom is -0.497 e. The van der Waals surface area contributed by atoms with Crippen molar-refractivity contribution in [2.24, 2.45) is 5.41 Å². The number of ketones is 2. The summed E-state index contributed by atoms with van der Waals surface area (Å²) >= 11 is 0. The third kappa shape index (κ3) is 3.79. The van der Waals surface area contributed by atoms with Crippen molar-refractivity contribution in [1.82, 2.24) is 0 Å². The molecule has 1 aliphatic heterocycles. The molecule has 29 heavy (non-hydrogen) atoms. The summed E-state index contributed by atoms with van der Waals surface area (Å²) in [5.41, 5.74) is -1.88. The van der Waals surface area contributed by atoms with Crippen LogP contribution in [0.25, 0.3) is 5.76 Å². The lowest BCUT2D eigenvalue weighted by Crippen LogP contribution is -2.63. The molecule has 0 radical (unpaired) electrons. The van der Waals surface area contributed by atoms with E-state index in [0.717, 1.165) is 0 Å². The second-order valence-electron chi connectivity index (χ2n) is 8.25. The third-order valence-corrected chi connectivity index (χ3v) is 5.18. The van der Waals surface area contributed by atoms with E-state index in [0.29, 0.717) is 17.1 Å². The van der Waals surface area contributed by atoms with E-state index < -0.39 is 35.0 Å². The fourth-order valence-corrected chi connectivity index (χ4v) is 3.81. The van der Waals surface area contributed by atoms with Crippen molar-refractivity contribution in [3.8, 4) is 5.75 Å². The molecule has 2 aliphatic rings. The Morgan fingerprint density at radius 2 is 1.76 bits per heavy atom. The number of esters is 1. The first kappa shape index (κ1) is 21.0. The van der Waals surface area contributed by atoms with Gasteiger partial charge in [0.2, 0.25) is 0 Å². The van der Waals surface area contributed by atoms with Crippen LogP contribution in [-0.2, 0) is 28.6 Å². The van der Waals surface area contributed by atoms with Gasteiger partial charge in [0, 0.05) is 31.6 Å². The second-order valence-corrected chi connectivity index (χ2v) is 8.25. The first-order chi connectivity index (χ1) is 13.6. The molecule has 156 valence electrons. The maximum Gasteiger partial charge on any atom is 0.327 e. The van der Waals surface area contributed by atoms with E-state index in [1.165, 1.54) is 13.2 Å². The molecule has 3 unspecified atom stereocenters. The fraction of sp³-hybridized carbons (Fsp3) is 0.500. The summed E-state index contributed by atoms with van der Waals surface area (Å²) in [5.74, 6) is -0.388. The number of rotatable bonds is 4. The maximum absolute atomic E-state index is 13.4. The van der Waals surface area contributed by atoms with E-state index in [9.17, 15) is 14.4 Å². The first-order valence-corrected chi connectivity index (χ1v) is 9.47. The SMILES string of the molecule is COc1ccc(C2=CC(=O)C3(C(=O)OC(C)(C)C)C(OC)CC(=O)CC3O2)cc1. The number of fused-ring (bicyclic) bond motifs is 1. The monoisotopic (exact) mass is 402 g/mol. The van der Waals surface area contributed by atoms with Crippen molar-refractivity contribution in [3.05, 3.63) is 35.9 Å². The van der Waals surface area contributed by atoms with Gasteiger partial charge in [0.05, 0.1) is 13.2 Å². The van der Waals surface area contributed by atoms with Crippen LogP contribution in [0.1, 0.15) is 39.2 Å². The number of carbonyl (C=O) groups excluding carboxylic acids is 3. The Kier molecular flexibility index (Phi) is 5.54. The van der Waals surface area contributed by atoms with Gasteiger partial charge in [-0.1, -0.05) is 0 Å². The molecular weight excluding hydrogens is 376 g/mol. The van der Waals surface area contributed by atoms with Crippen LogP contribution in [0.4, 0.5) is 0 Å². The van der Waals surface area contributed by atoms with E-state index in [-0.39, 0.29) is 18.6 Å². The van der Waals surface area contributed by atoms with Gasteiger partial charge in [0.25, 0.3) is 0 Å². The second kappa shape index (κ2) is 7.63. The molecule has 1 heterocycles. The van der Waals surface area contributed by atoms with Gasteiger partial charge in [0.15, 0.2) is 11.2 Å². The number of hydrogen-bond donors (Lipinski definition) is 0. The zero-order valence-corrected chi connectivity index (χ0v) is 17.3. The number of ether oxygens (including phenoxy) is 4. The molecule has 3 rings (SSSR count). The van der Waals surface area contributed by atoms with Crippen LogP contribution >= 0.6 is 0 Å². The van der Waals surface area contributed by atoms with Crippen LogP contribution in [0.2, 0.25) is 0 Å². The largest absolute Gasteiger partial charge is 0.497 e. The van der Waals surface area contributed by atoms with Crippen LogP contribution in [0, 0.1) is 5.41 Å². The highest BCUT2D eigenvalue weighted by Gasteiger charge is 2.65.